The van der Waals surface area contributed by atoms with Gasteiger partial charge in [-0.15, -0.1) is 0 Å². The molecule has 0 bridgehead atoms. The van der Waals surface area contributed by atoms with Gasteiger partial charge in [0.1, 0.15) is 17.9 Å². The summed E-state index contributed by atoms with van der Waals surface area (Å²) < 4.78 is 48.3. The maximum Gasteiger partial charge on any atom is 0.408 e. The summed E-state index contributed by atoms with van der Waals surface area (Å²) in [5, 5.41) is 5.68. The molecule has 0 aliphatic carbocycles. The van der Waals surface area contributed by atoms with Crippen LogP contribution in [-0.2, 0) is 18.3 Å². The van der Waals surface area contributed by atoms with Crippen molar-refractivity contribution in [2.75, 3.05) is 26.3 Å². The number of carbonyl (C=O) groups is 1. The molecule has 1 aliphatic rings. The monoisotopic (exact) mass is 457 g/mol. The van der Waals surface area contributed by atoms with Crippen molar-refractivity contribution in [3.05, 3.63) is 48.4 Å². The second kappa shape index (κ2) is 8.18. The fourth-order valence-electron chi connectivity index (χ4n) is 4.32. The zero-order chi connectivity index (χ0) is 23.2. The van der Waals surface area contributed by atoms with Crippen LogP contribution in [0.1, 0.15) is 16.9 Å². The Labute approximate surface area is 187 Å². The van der Waals surface area contributed by atoms with E-state index in [1.165, 1.54) is 12.3 Å². The van der Waals surface area contributed by atoms with E-state index in [9.17, 15) is 18.0 Å². The van der Waals surface area contributed by atoms with Crippen molar-refractivity contribution in [2.45, 2.75) is 19.1 Å². The summed E-state index contributed by atoms with van der Waals surface area (Å²) in [5.41, 5.74) is 2.37. The van der Waals surface area contributed by atoms with Crippen molar-refractivity contribution >= 4 is 27.7 Å². The number of alkyl halides is 3. The van der Waals surface area contributed by atoms with Gasteiger partial charge in [-0.1, -0.05) is 18.2 Å². The summed E-state index contributed by atoms with van der Waals surface area (Å²) in [6.07, 6.45) is -0.468. The molecule has 0 radical (unpaired) electrons. The number of fused-ring (bicyclic) bond motifs is 2. The molecule has 4 heterocycles. The van der Waals surface area contributed by atoms with E-state index in [-0.39, 0.29) is 17.1 Å². The van der Waals surface area contributed by atoms with Crippen molar-refractivity contribution in [1.29, 1.82) is 0 Å². The molecule has 0 atom stereocenters. The van der Waals surface area contributed by atoms with Gasteiger partial charge < -0.3 is 14.2 Å². The Morgan fingerprint density at radius 2 is 1.94 bits per heavy atom. The number of halogens is 3. The second-order valence-corrected chi connectivity index (χ2v) is 8.14. The molecule has 7 nitrogen and oxygen atoms in total. The Morgan fingerprint density at radius 1 is 1.12 bits per heavy atom. The summed E-state index contributed by atoms with van der Waals surface area (Å²) in [6, 6.07) is 9.04. The minimum atomic E-state index is -4.47. The molecule has 1 amide bonds. The highest BCUT2D eigenvalue weighted by molar-refractivity contribution is 6.04. The number of pyridine rings is 1. The average molecular weight is 457 g/mol. The number of hydrogen-bond acceptors (Lipinski definition) is 4. The van der Waals surface area contributed by atoms with E-state index >= 15 is 0 Å². The number of rotatable bonds is 3. The molecule has 0 saturated carbocycles. The summed E-state index contributed by atoms with van der Waals surface area (Å²) in [7, 11) is 1.88. The first-order valence-corrected chi connectivity index (χ1v) is 10.7. The SMILES string of the molecule is Cn1cc(-c2nn(CC(F)(F)F)c3cc(C(=O)N4CCCOCC4)ncc23)c2ccccc21. The zero-order valence-corrected chi connectivity index (χ0v) is 18.0. The van der Waals surface area contributed by atoms with Gasteiger partial charge in [-0.2, -0.15) is 18.3 Å². The lowest BCUT2D eigenvalue weighted by molar-refractivity contribution is -0.141. The van der Waals surface area contributed by atoms with Gasteiger partial charge in [-0.3, -0.25) is 14.5 Å². The van der Waals surface area contributed by atoms with Crippen LogP contribution in [0.4, 0.5) is 13.2 Å². The van der Waals surface area contributed by atoms with Gasteiger partial charge in [-0.05, 0) is 18.6 Å². The van der Waals surface area contributed by atoms with Crippen molar-refractivity contribution in [3.63, 3.8) is 0 Å². The molecule has 1 fully saturated rings. The highest BCUT2D eigenvalue weighted by Gasteiger charge is 2.31. The quantitative estimate of drug-likeness (QED) is 0.466. The number of benzene rings is 1. The molecule has 1 saturated heterocycles. The van der Waals surface area contributed by atoms with Crippen LogP contribution in [0.2, 0.25) is 0 Å². The Bertz CT molecular complexity index is 1330. The minimum Gasteiger partial charge on any atom is -0.380 e. The highest BCUT2D eigenvalue weighted by atomic mass is 19.4. The fraction of sp³-hybridized carbons (Fsp3) is 0.348. The molecule has 1 aromatic carbocycles. The number of carbonyl (C=O) groups excluding carboxylic acids is 1. The van der Waals surface area contributed by atoms with E-state index in [2.05, 4.69) is 10.1 Å². The fourth-order valence-corrected chi connectivity index (χ4v) is 4.32. The van der Waals surface area contributed by atoms with Gasteiger partial charge in [0, 0.05) is 61.0 Å². The summed E-state index contributed by atoms with van der Waals surface area (Å²) in [6.45, 7) is 0.668. The smallest absolute Gasteiger partial charge is 0.380 e. The molecule has 10 heteroatoms. The third-order valence-corrected chi connectivity index (χ3v) is 5.85. The largest absolute Gasteiger partial charge is 0.408 e. The third kappa shape index (κ3) is 4.06. The topological polar surface area (TPSA) is 65.2 Å². The normalized spacial score (nSPS) is 15.3. The minimum absolute atomic E-state index is 0.0946. The van der Waals surface area contributed by atoms with Crippen LogP contribution in [0.5, 0.6) is 0 Å². The molecule has 0 unspecified atom stereocenters. The van der Waals surface area contributed by atoms with Crippen LogP contribution in [0, 0.1) is 0 Å². The molecule has 172 valence electrons. The van der Waals surface area contributed by atoms with E-state index < -0.39 is 12.7 Å². The van der Waals surface area contributed by atoms with Crippen LogP contribution in [0.3, 0.4) is 0 Å². The lowest BCUT2D eigenvalue weighted by Crippen LogP contribution is -2.33. The van der Waals surface area contributed by atoms with Gasteiger partial charge in [0.15, 0.2) is 0 Å². The maximum absolute atomic E-state index is 13.4. The molecule has 5 rings (SSSR count). The number of para-hydroxylation sites is 1. The lowest BCUT2D eigenvalue weighted by atomic mass is 10.1. The average Bonchev–Trinajstić information content (AvgIpc) is 3.15. The number of amides is 1. The van der Waals surface area contributed by atoms with E-state index in [1.54, 1.807) is 4.90 Å². The molecule has 0 spiro atoms. The Morgan fingerprint density at radius 3 is 2.76 bits per heavy atom. The predicted octanol–water partition coefficient (Wildman–Crippen LogP) is 4.01. The van der Waals surface area contributed by atoms with Gasteiger partial charge in [0.25, 0.3) is 5.91 Å². The van der Waals surface area contributed by atoms with Crippen LogP contribution in [-0.4, -0.2) is 62.6 Å². The van der Waals surface area contributed by atoms with E-state index in [0.29, 0.717) is 49.4 Å². The summed E-state index contributed by atoms with van der Waals surface area (Å²) in [5.74, 6) is -0.325. The predicted molar refractivity (Wildman–Crippen MR) is 117 cm³/mol. The first-order chi connectivity index (χ1) is 15.8. The standard InChI is InChI=1S/C23H22F3N5O2/c1-29-13-17(15-5-2-3-6-19(15)29)21-16-12-27-18(22(32)30-7-4-9-33-10-8-30)11-20(16)31(28-21)14-23(24,25)26/h2-3,5-6,11-13H,4,7-10,14H2,1H3. The zero-order valence-electron chi connectivity index (χ0n) is 18.0. The number of aromatic nitrogens is 4. The Hall–Kier alpha value is -3.40. The van der Waals surface area contributed by atoms with Gasteiger partial charge >= 0.3 is 6.18 Å². The second-order valence-electron chi connectivity index (χ2n) is 8.14. The van der Waals surface area contributed by atoms with Gasteiger partial charge in [-0.25, -0.2) is 0 Å². The molecular formula is C23H22F3N5O2. The van der Waals surface area contributed by atoms with Crippen molar-refractivity contribution in [1.82, 2.24) is 24.2 Å². The van der Waals surface area contributed by atoms with Crippen LogP contribution in [0.25, 0.3) is 33.1 Å². The van der Waals surface area contributed by atoms with E-state index in [4.69, 9.17) is 4.74 Å². The van der Waals surface area contributed by atoms with Crippen LogP contribution in [0.15, 0.2) is 42.7 Å². The van der Waals surface area contributed by atoms with Gasteiger partial charge in [0.2, 0.25) is 0 Å². The van der Waals surface area contributed by atoms with Crippen molar-refractivity contribution in [3.8, 4) is 11.3 Å². The van der Waals surface area contributed by atoms with Crippen molar-refractivity contribution in [2.24, 2.45) is 7.05 Å². The molecule has 3 aromatic heterocycles. The number of nitrogens with zero attached hydrogens (tertiary/aromatic N) is 5. The Balaban J connectivity index is 1.64. The first kappa shape index (κ1) is 21.4. The Kier molecular flexibility index (Phi) is 5.32. The number of ether oxygens (including phenoxy) is 1. The lowest BCUT2D eigenvalue weighted by Gasteiger charge is -2.19. The number of aryl methyl sites for hydroxylation is 1. The van der Waals surface area contributed by atoms with E-state index in [0.717, 1.165) is 15.6 Å². The van der Waals surface area contributed by atoms with Gasteiger partial charge in [0.05, 0.1) is 12.1 Å². The molecule has 4 aromatic rings. The van der Waals surface area contributed by atoms with Crippen LogP contribution >= 0.6 is 0 Å². The highest BCUT2D eigenvalue weighted by Crippen LogP contribution is 2.35. The molecule has 33 heavy (non-hydrogen) atoms. The maximum atomic E-state index is 13.4. The third-order valence-electron chi connectivity index (χ3n) is 5.85. The number of hydrogen-bond donors (Lipinski definition) is 0. The molecular weight excluding hydrogens is 435 g/mol. The summed E-state index contributed by atoms with van der Waals surface area (Å²) in [4.78, 5) is 18.9. The van der Waals surface area contributed by atoms with Crippen LogP contribution < -0.4 is 0 Å². The van der Waals surface area contributed by atoms with E-state index in [1.807, 2.05) is 42.1 Å². The summed E-state index contributed by atoms with van der Waals surface area (Å²) >= 11 is 0. The molecule has 0 N–H and O–H groups in total. The first-order valence-electron chi connectivity index (χ1n) is 10.7. The van der Waals surface area contributed by atoms with Crippen molar-refractivity contribution < 1.29 is 22.7 Å². The molecule has 1 aliphatic heterocycles.